The van der Waals surface area contributed by atoms with Gasteiger partial charge in [0.05, 0.1) is 11.4 Å². The summed E-state index contributed by atoms with van der Waals surface area (Å²) >= 11 is 0. The first-order valence-corrected chi connectivity index (χ1v) is 5.18. The second-order valence-electron chi connectivity index (χ2n) is 3.77. The summed E-state index contributed by atoms with van der Waals surface area (Å²) in [6.45, 7) is 15.3. The normalized spacial score (nSPS) is 11.0. The molecule has 0 radical (unpaired) electrons. The van der Waals surface area contributed by atoms with Crippen LogP contribution in [0.15, 0.2) is 60.8 Å². The van der Waals surface area contributed by atoms with Crippen molar-refractivity contribution in [2.24, 2.45) is 4.99 Å². The molecule has 1 aromatic carbocycles. The minimum atomic E-state index is 0.647. The third kappa shape index (κ3) is 3.06. The van der Waals surface area contributed by atoms with E-state index < -0.39 is 0 Å². The van der Waals surface area contributed by atoms with Crippen molar-refractivity contribution < 1.29 is 0 Å². The van der Waals surface area contributed by atoms with Crippen LogP contribution in [0.3, 0.4) is 0 Å². The number of rotatable bonds is 4. The van der Waals surface area contributed by atoms with E-state index in [-0.39, 0.29) is 0 Å². The van der Waals surface area contributed by atoms with Crippen LogP contribution in [0.2, 0.25) is 0 Å². The lowest BCUT2D eigenvalue weighted by Gasteiger charge is -2.05. The van der Waals surface area contributed by atoms with Crippen LogP contribution >= 0.6 is 0 Å². The molecule has 16 heavy (non-hydrogen) atoms. The monoisotopic (exact) mass is 211 g/mol. The second kappa shape index (κ2) is 5.26. The molecule has 0 unspecified atom stereocenters. The fraction of sp³-hybridized carbons (Fsp3) is 0.133. The molecule has 0 bridgehead atoms. The molecule has 0 amide bonds. The van der Waals surface area contributed by atoms with Crippen LogP contribution in [-0.4, -0.2) is 5.71 Å². The fourth-order valence-corrected chi connectivity index (χ4v) is 1.55. The quantitative estimate of drug-likeness (QED) is 0.527. The Balaban J connectivity index is 3.23. The van der Waals surface area contributed by atoms with Crippen LogP contribution < -0.4 is 0 Å². The van der Waals surface area contributed by atoms with E-state index in [0.717, 1.165) is 11.3 Å². The van der Waals surface area contributed by atoms with Gasteiger partial charge in [-0.2, -0.15) is 0 Å². The van der Waals surface area contributed by atoms with Crippen LogP contribution in [-0.2, 0) is 0 Å². The maximum atomic E-state index is 4.35. The molecule has 0 heterocycles. The lowest BCUT2D eigenvalue weighted by molar-refractivity contribution is 1.36. The highest BCUT2D eigenvalue weighted by Gasteiger charge is 2.01. The molecule has 0 aliphatic carbocycles. The molecule has 82 valence electrons. The molecule has 1 heteroatoms. The minimum absolute atomic E-state index is 0.647. The highest BCUT2D eigenvalue weighted by Crippen LogP contribution is 2.12. The summed E-state index contributed by atoms with van der Waals surface area (Å²) in [6.07, 6.45) is 3.37. The molecule has 1 rings (SSSR count). The summed E-state index contributed by atoms with van der Waals surface area (Å²) in [5.41, 5.74) is 4.98. The summed E-state index contributed by atoms with van der Waals surface area (Å²) in [6, 6.07) is 6.31. The van der Waals surface area contributed by atoms with Gasteiger partial charge < -0.3 is 0 Å². The summed E-state index contributed by atoms with van der Waals surface area (Å²) in [4.78, 5) is 4.35. The largest absolute Gasteiger partial charge is 0.249 e. The Bertz CT molecular complexity index is 444. The van der Waals surface area contributed by atoms with Gasteiger partial charge in [0.1, 0.15) is 0 Å². The van der Waals surface area contributed by atoms with E-state index in [4.69, 9.17) is 0 Å². The van der Waals surface area contributed by atoms with Crippen LogP contribution in [0, 0.1) is 13.8 Å². The van der Waals surface area contributed by atoms with Crippen molar-refractivity contribution in [3.63, 3.8) is 0 Å². The first kappa shape index (κ1) is 12.2. The molecule has 0 saturated carbocycles. The van der Waals surface area contributed by atoms with Crippen molar-refractivity contribution in [1.29, 1.82) is 0 Å². The Hall–Kier alpha value is -1.89. The number of benzene rings is 1. The van der Waals surface area contributed by atoms with Crippen LogP contribution in [0.1, 0.15) is 16.7 Å². The van der Waals surface area contributed by atoms with E-state index in [2.05, 4.69) is 56.8 Å². The topological polar surface area (TPSA) is 12.4 Å². The Morgan fingerprint density at radius 1 is 1.06 bits per heavy atom. The number of allylic oxidation sites excluding steroid dienone is 2. The van der Waals surface area contributed by atoms with Gasteiger partial charge >= 0.3 is 0 Å². The van der Waals surface area contributed by atoms with Crippen molar-refractivity contribution in [3.8, 4) is 0 Å². The van der Waals surface area contributed by atoms with Crippen LogP contribution in [0.4, 0.5) is 0 Å². The van der Waals surface area contributed by atoms with Gasteiger partial charge in [-0.3, -0.25) is 0 Å². The van der Waals surface area contributed by atoms with E-state index in [9.17, 15) is 0 Å². The Morgan fingerprint density at radius 2 is 1.62 bits per heavy atom. The molecule has 0 aliphatic rings. The second-order valence-corrected chi connectivity index (χ2v) is 3.77. The van der Waals surface area contributed by atoms with E-state index in [1.807, 2.05) is 0 Å². The first-order valence-electron chi connectivity index (χ1n) is 5.18. The zero-order valence-corrected chi connectivity index (χ0v) is 9.96. The lowest BCUT2D eigenvalue weighted by Crippen LogP contribution is -1.98. The van der Waals surface area contributed by atoms with Crippen molar-refractivity contribution in [1.82, 2.24) is 0 Å². The molecule has 0 atom stereocenters. The van der Waals surface area contributed by atoms with Crippen LogP contribution in [0.25, 0.3) is 0 Å². The number of nitrogens with zero attached hydrogens (tertiary/aromatic N) is 1. The molecule has 0 spiro atoms. The fourth-order valence-electron chi connectivity index (χ4n) is 1.55. The molecule has 1 aromatic rings. The zero-order chi connectivity index (χ0) is 12.1. The smallest absolute Gasteiger partial charge is 0.0703 e. The van der Waals surface area contributed by atoms with Gasteiger partial charge in [0.15, 0.2) is 0 Å². The van der Waals surface area contributed by atoms with E-state index in [0.29, 0.717) is 5.70 Å². The third-order valence-corrected chi connectivity index (χ3v) is 2.21. The highest BCUT2D eigenvalue weighted by molar-refractivity contribution is 6.09. The lowest BCUT2D eigenvalue weighted by atomic mass is 10.0. The molecule has 0 fully saturated rings. The van der Waals surface area contributed by atoms with Gasteiger partial charge in [-0.1, -0.05) is 36.9 Å². The molecule has 0 aromatic heterocycles. The molecule has 0 N–H and O–H groups in total. The van der Waals surface area contributed by atoms with Gasteiger partial charge in [0, 0.05) is 5.56 Å². The average Bonchev–Trinajstić information content (AvgIpc) is 2.24. The predicted octanol–water partition coefficient (Wildman–Crippen LogP) is 3.98. The minimum Gasteiger partial charge on any atom is -0.249 e. The Morgan fingerprint density at radius 3 is 2.06 bits per heavy atom. The molecule has 0 aliphatic heterocycles. The SMILES string of the molecule is C=CC(=C)N=C(C=C)c1cc(C)cc(C)c1. The Labute approximate surface area is 97.5 Å². The molecule has 0 saturated heterocycles. The third-order valence-electron chi connectivity index (χ3n) is 2.21. The van der Waals surface area contributed by atoms with Crippen molar-refractivity contribution in [2.45, 2.75) is 13.8 Å². The number of aliphatic imine (C=N–C) groups is 1. The van der Waals surface area contributed by atoms with Gasteiger partial charge in [0.2, 0.25) is 0 Å². The van der Waals surface area contributed by atoms with Gasteiger partial charge in [-0.15, -0.1) is 0 Å². The highest BCUT2D eigenvalue weighted by atomic mass is 14.7. The van der Waals surface area contributed by atoms with E-state index in [1.165, 1.54) is 11.1 Å². The number of hydrogen-bond acceptors (Lipinski definition) is 1. The summed E-state index contributed by atoms with van der Waals surface area (Å²) < 4.78 is 0. The summed E-state index contributed by atoms with van der Waals surface area (Å²) in [5, 5.41) is 0. The van der Waals surface area contributed by atoms with E-state index in [1.54, 1.807) is 12.2 Å². The predicted molar refractivity (Wildman–Crippen MR) is 72.0 cm³/mol. The maximum Gasteiger partial charge on any atom is 0.0703 e. The maximum absolute atomic E-state index is 4.35. The summed E-state index contributed by atoms with van der Waals surface area (Å²) in [5.74, 6) is 0. The van der Waals surface area contributed by atoms with E-state index >= 15 is 0 Å². The molecular weight excluding hydrogens is 194 g/mol. The molecular formula is C15H17N. The molecule has 1 nitrogen and oxygen atoms in total. The standard InChI is InChI=1S/C15H17N/c1-6-13(5)16-15(7-2)14-9-11(3)8-12(4)10-14/h6-10H,1-2,5H2,3-4H3. The summed E-state index contributed by atoms with van der Waals surface area (Å²) in [7, 11) is 0. The number of hydrogen-bond donors (Lipinski definition) is 0. The van der Waals surface area contributed by atoms with Gasteiger partial charge in [-0.25, -0.2) is 4.99 Å². The average molecular weight is 211 g/mol. The van der Waals surface area contributed by atoms with Crippen molar-refractivity contribution >= 4 is 5.71 Å². The Kier molecular flexibility index (Phi) is 4.01. The van der Waals surface area contributed by atoms with Crippen molar-refractivity contribution in [2.75, 3.05) is 0 Å². The number of aryl methyl sites for hydroxylation is 2. The van der Waals surface area contributed by atoms with Crippen molar-refractivity contribution in [3.05, 3.63) is 72.5 Å². The zero-order valence-electron chi connectivity index (χ0n) is 9.96. The first-order chi connectivity index (χ1) is 7.56. The van der Waals surface area contributed by atoms with Gasteiger partial charge in [0.25, 0.3) is 0 Å². The van der Waals surface area contributed by atoms with Gasteiger partial charge in [-0.05, 0) is 38.1 Å². The van der Waals surface area contributed by atoms with Crippen LogP contribution in [0.5, 0.6) is 0 Å².